The normalized spacial score (nSPS) is 12.1. The number of rotatable bonds is 4. The van der Waals surface area contributed by atoms with Crippen molar-refractivity contribution in [2.75, 3.05) is 14.2 Å². The van der Waals surface area contributed by atoms with Crippen molar-refractivity contribution in [3.8, 4) is 11.5 Å². The van der Waals surface area contributed by atoms with Crippen LogP contribution in [0.25, 0.3) is 0 Å². The Morgan fingerprint density at radius 1 is 1.10 bits per heavy atom. The van der Waals surface area contributed by atoms with E-state index in [2.05, 4.69) is 15.9 Å². The molecule has 0 saturated heterocycles. The lowest BCUT2D eigenvalue weighted by Gasteiger charge is -2.20. The Balaban J connectivity index is 2.56. The van der Waals surface area contributed by atoms with E-state index in [9.17, 15) is 0 Å². The summed E-state index contributed by atoms with van der Waals surface area (Å²) in [6.07, 6.45) is 0. The van der Waals surface area contributed by atoms with Gasteiger partial charge in [-0.15, -0.1) is 0 Å². The van der Waals surface area contributed by atoms with E-state index in [1.54, 1.807) is 20.3 Å². The summed E-state index contributed by atoms with van der Waals surface area (Å²) in [7, 11) is 3.14. The first kappa shape index (κ1) is 16.1. The fraction of sp³-hybridized carbons (Fsp3) is 0.250. The van der Waals surface area contributed by atoms with Gasteiger partial charge in [-0.25, -0.2) is 0 Å². The summed E-state index contributed by atoms with van der Waals surface area (Å²) in [4.78, 5) is 0. The fourth-order valence-corrected chi connectivity index (χ4v) is 3.00. The second kappa shape index (κ2) is 6.69. The summed E-state index contributed by atoms with van der Waals surface area (Å²) in [6, 6.07) is 9.30. The molecule has 0 aromatic heterocycles. The van der Waals surface area contributed by atoms with Crippen LogP contribution in [0.1, 0.15) is 22.7 Å². The zero-order chi connectivity index (χ0) is 15.6. The molecule has 2 N–H and O–H groups in total. The van der Waals surface area contributed by atoms with Crippen molar-refractivity contribution in [3.63, 3.8) is 0 Å². The number of hydrogen-bond donors (Lipinski definition) is 1. The highest BCUT2D eigenvalue weighted by Crippen LogP contribution is 2.41. The third-order valence-corrected chi connectivity index (χ3v) is 4.71. The van der Waals surface area contributed by atoms with Crippen LogP contribution in [-0.2, 0) is 0 Å². The van der Waals surface area contributed by atoms with Crippen LogP contribution in [0.5, 0.6) is 11.5 Å². The van der Waals surface area contributed by atoms with Crippen LogP contribution >= 0.6 is 27.5 Å². The molecule has 0 amide bonds. The van der Waals surface area contributed by atoms with E-state index >= 15 is 0 Å². The standard InChI is InChI=1S/C16H17BrClNO2/c1-9-10(5-4-6-12(9)17)15(19)11-7-8-13(20-2)14(18)16(11)21-3/h4-8,15H,19H2,1-3H3. The molecule has 0 aliphatic heterocycles. The van der Waals surface area contributed by atoms with Crippen LogP contribution in [-0.4, -0.2) is 14.2 Å². The largest absolute Gasteiger partial charge is 0.495 e. The zero-order valence-electron chi connectivity index (χ0n) is 12.1. The van der Waals surface area contributed by atoms with Gasteiger partial charge in [0.05, 0.1) is 20.3 Å². The van der Waals surface area contributed by atoms with Crippen molar-refractivity contribution < 1.29 is 9.47 Å². The van der Waals surface area contributed by atoms with Gasteiger partial charge in [-0.1, -0.05) is 39.7 Å². The van der Waals surface area contributed by atoms with Crippen molar-refractivity contribution in [1.82, 2.24) is 0 Å². The zero-order valence-corrected chi connectivity index (χ0v) is 14.5. The van der Waals surface area contributed by atoms with Gasteiger partial charge in [0.2, 0.25) is 0 Å². The van der Waals surface area contributed by atoms with Gasteiger partial charge in [-0.3, -0.25) is 0 Å². The number of benzene rings is 2. The molecule has 112 valence electrons. The van der Waals surface area contributed by atoms with E-state index in [-0.39, 0.29) is 6.04 Å². The first-order chi connectivity index (χ1) is 10.0. The Hall–Kier alpha value is -1.23. The summed E-state index contributed by atoms with van der Waals surface area (Å²) >= 11 is 9.83. The molecular formula is C16H17BrClNO2. The van der Waals surface area contributed by atoms with Gasteiger partial charge in [0.1, 0.15) is 16.5 Å². The SMILES string of the molecule is COc1ccc(C(N)c2cccc(Br)c2C)c(OC)c1Cl. The van der Waals surface area contributed by atoms with Crippen LogP contribution in [0.3, 0.4) is 0 Å². The van der Waals surface area contributed by atoms with E-state index in [4.69, 9.17) is 26.8 Å². The van der Waals surface area contributed by atoms with Gasteiger partial charge >= 0.3 is 0 Å². The van der Waals surface area contributed by atoms with E-state index in [0.29, 0.717) is 16.5 Å². The molecule has 1 atom stereocenters. The molecule has 0 aliphatic carbocycles. The third kappa shape index (κ3) is 3.03. The van der Waals surface area contributed by atoms with Crippen molar-refractivity contribution in [2.24, 2.45) is 5.73 Å². The summed E-state index contributed by atoms with van der Waals surface area (Å²) in [5.41, 5.74) is 9.36. The lowest BCUT2D eigenvalue weighted by molar-refractivity contribution is 0.390. The Bertz CT molecular complexity index is 661. The Labute approximate surface area is 138 Å². The van der Waals surface area contributed by atoms with Crippen LogP contribution < -0.4 is 15.2 Å². The topological polar surface area (TPSA) is 44.5 Å². The molecule has 0 radical (unpaired) electrons. The predicted octanol–water partition coefficient (Wildman–Crippen LogP) is 4.48. The molecule has 5 heteroatoms. The molecule has 0 aliphatic rings. The Kier molecular flexibility index (Phi) is 5.14. The molecule has 2 rings (SSSR count). The maximum Gasteiger partial charge on any atom is 0.146 e. The summed E-state index contributed by atoms with van der Waals surface area (Å²) in [5.74, 6) is 1.11. The van der Waals surface area contributed by atoms with Crippen molar-refractivity contribution in [3.05, 3.63) is 56.5 Å². The molecule has 0 spiro atoms. The molecule has 3 nitrogen and oxygen atoms in total. The molecule has 1 unspecified atom stereocenters. The monoisotopic (exact) mass is 369 g/mol. The van der Waals surface area contributed by atoms with Crippen molar-refractivity contribution in [2.45, 2.75) is 13.0 Å². The lowest BCUT2D eigenvalue weighted by Crippen LogP contribution is -2.15. The maximum absolute atomic E-state index is 6.42. The summed E-state index contributed by atoms with van der Waals surface area (Å²) < 4.78 is 11.7. The molecular weight excluding hydrogens is 354 g/mol. The number of hydrogen-bond acceptors (Lipinski definition) is 3. The predicted molar refractivity (Wildman–Crippen MR) is 89.5 cm³/mol. The van der Waals surface area contributed by atoms with Crippen LogP contribution in [0.15, 0.2) is 34.8 Å². The van der Waals surface area contributed by atoms with Crippen LogP contribution in [0, 0.1) is 6.92 Å². The van der Waals surface area contributed by atoms with Gasteiger partial charge in [0.15, 0.2) is 0 Å². The van der Waals surface area contributed by atoms with Gasteiger partial charge < -0.3 is 15.2 Å². The molecule has 0 fully saturated rings. The summed E-state index contributed by atoms with van der Waals surface area (Å²) in [6.45, 7) is 2.02. The highest BCUT2D eigenvalue weighted by Gasteiger charge is 2.20. The first-order valence-electron chi connectivity index (χ1n) is 6.42. The average molecular weight is 371 g/mol. The minimum atomic E-state index is -0.333. The third-order valence-electron chi connectivity index (χ3n) is 3.50. The van der Waals surface area contributed by atoms with E-state index < -0.39 is 0 Å². The Morgan fingerprint density at radius 2 is 1.81 bits per heavy atom. The molecule has 0 heterocycles. The average Bonchev–Trinajstić information content (AvgIpc) is 2.49. The number of halogens is 2. The Morgan fingerprint density at radius 3 is 2.43 bits per heavy atom. The smallest absolute Gasteiger partial charge is 0.146 e. The van der Waals surface area contributed by atoms with Gasteiger partial charge in [-0.05, 0) is 36.2 Å². The maximum atomic E-state index is 6.42. The van der Waals surface area contributed by atoms with Crippen LogP contribution in [0.2, 0.25) is 5.02 Å². The second-order valence-electron chi connectivity index (χ2n) is 4.64. The molecule has 2 aromatic rings. The van der Waals surface area contributed by atoms with E-state index in [1.165, 1.54) is 0 Å². The number of ether oxygens (including phenoxy) is 2. The summed E-state index contributed by atoms with van der Waals surface area (Å²) in [5, 5.41) is 0.431. The molecule has 2 aromatic carbocycles. The van der Waals surface area contributed by atoms with E-state index in [0.717, 1.165) is 21.2 Å². The minimum absolute atomic E-state index is 0.333. The lowest BCUT2D eigenvalue weighted by atomic mass is 9.95. The van der Waals surface area contributed by atoms with Gasteiger partial charge in [0.25, 0.3) is 0 Å². The first-order valence-corrected chi connectivity index (χ1v) is 7.59. The second-order valence-corrected chi connectivity index (χ2v) is 5.87. The minimum Gasteiger partial charge on any atom is -0.495 e. The fourth-order valence-electron chi connectivity index (χ4n) is 2.29. The number of nitrogens with two attached hydrogens (primary N) is 1. The van der Waals surface area contributed by atoms with Crippen molar-refractivity contribution >= 4 is 27.5 Å². The van der Waals surface area contributed by atoms with Gasteiger partial charge in [0, 0.05) is 10.0 Å². The highest BCUT2D eigenvalue weighted by molar-refractivity contribution is 9.10. The van der Waals surface area contributed by atoms with Crippen molar-refractivity contribution in [1.29, 1.82) is 0 Å². The van der Waals surface area contributed by atoms with Crippen LogP contribution in [0.4, 0.5) is 0 Å². The number of methoxy groups -OCH3 is 2. The molecule has 0 bridgehead atoms. The van der Waals surface area contributed by atoms with Gasteiger partial charge in [-0.2, -0.15) is 0 Å². The van der Waals surface area contributed by atoms with E-state index in [1.807, 2.05) is 31.2 Å². The highest BCUT2D eigenvalue weighted by atomic mass is 79.9. The molecule has 0 saturated carbocycles. The molecule has 21 heavy (non-hydrogen) atoms. The quantitative estimate of drug-likeness (QED) is 0.863.